The lowest BCUT2D eigenvalue weighted by Gasteiger charge is -2.05. The Morgan fingerprint density at radius 2 is 2.15 bits per heavy atom. The number of aliphatic imine (C=N–C) groups is 1. The highest BCUT2D eigenvalue weighted by Crippen LogP contribution is 2.32. The van der Waals surface area contributed by atoms with Gasteiger partial charge in [0.05, 0.1) is 10.6 Å². The predicted molar refractivity (Wildman–Crippen MR) is 105 cm³/mol. The molecule has 2 aromatic carbocycles. The molecule has 1 saturated heterocycles. The second kappa shape index (κ2) is 8.09. The minimum absolute atomic E-state index is 0.0553. The predicted octanol–water partition coefficient (Wildman–Crippen LogP) is 4.44. The average molecular weight is 384 g/mol. The van der Waals surface area contributed by atoms with Gasteiger partial charge in [0.1, 0.15) is 11.8 Å². The Bertz CT molecular complexity index is 963. The standard InChI is InChI=1S/C19H14ClN3O2S/c1-12-6-7-14(20)11-15(12)22-19-23-18(24)17(26-19)10-13-4-2-3-5-16(13)25-9-8-21/h2-7,10-11H,9H2,1H3,(H,22,23,24)/b17-10-. The number of carbonyl (C=O) groups is 1. The van der Waals surface area contributed by atoms with Gasteiger partial charge in [0, 0.05) is 10.6 Å². The Kier molecular flexibility index (Phi) is 5.61. The number of nitrogens with one attached hydrogen (secondary N) is 1. The lowest BCUT2D eigenvalue weighted by molar-refractivity contribution is -0.115. The highest BCUT2D eigenvalue weighted by Gasteiger charge is 2.24. The summed E-state index contributed by atoms with van der Waals surface area (Å²) in [5.41, 5.74) is 2.39. The first-order valence-electron chi connectivity index (χ1n) is 7.71. The molecular weight excluding hydrogens is 370 g/mol. The molecule has 1 aliphatic rings. The minimum Gasteiger partial charge on any atom is -0.478 e. The number of nitriles is 1. The molecular formula is C19H14ClN3O2S. The summed E-state index contributed by atoms with van der Waals surface area (Å²) in [6.45, 7) is 1.87. The molecule has 1 heterocycles. The SMILES string of the molecule is Cc1ccc(Cl)cc1N=C1NC(=O)/C(=C/c2ccccc2OCC#N)S1. The first-order valence-corrected chi connectivity index (χ1v) is 8.91. The quantitative estimate of drug-likeness (QED) is 0.792. The molecule has 2 aromatic rings. The van der Waals surface area contributed by atoms with E-state index in [0.717, 1.165) is 11.1 Å². The van der Waals surface area contributed by atoms with Crippen molar-refractivity contribution in [2.75, 3.05) is 6.61 Å². The molecule has 26 heavy (non-hydrogen) atoms. The van der Waals surface area contributed by atoms with Crippen LogP contribution in [0.25, 0.3) is 6.08 Å². The van der Waals surface area contributed by atoms with E-state index in [4.69, 9.17) is 21.6 Å². The van der Waals surface area contributed by atoms with E-state index in [1.54, 1.807) is 24.3 Å². The lowest BCUT2D eigenvalue weighted by atomic mass is 10.2. The largest absolute Gasteiger partial charge is 0.478 e. The number of ether oxygens (including phenoxy) is 1. The van der Waals surface area contributed by atoms with Crippen LogP contribution in [0.15, 0.2) is 52.4 Å². The van der Waals surface area contributed by atoms with Crippen molar-refractivity contribution in [3.63, 3.8) is 0 Å². The molecule has 130 valence electrons. The molecule has 1 aliphatic heterocycles. The number of amidine groups is 1. The number of thioether (sulfide) groups is 1. The highest BCUT2D eigenvalue weighted by molar-refractivity contribution is 8.18. The van der Waals surface area contributed by atoms with Gasteiger partial charge in [-0.3, -0.25) is 4.79 Å². The van der Waals surface area contributed by atoms with Crippen LogP contribution in [0.2, 0.25) is 5.02 Å². The molecule has 0 aliphatic carbocycles. The minimum atomic E-state index is -0.233. The van der Waals surface area contributed by atoms with Gasteiger partial charge in [-0.1, -0.05) is 35.9 Å². The fourth-order valence-corrected chi connectivity index (χ4v) is 3.27. The van der Waals surface area contributed by atoms with Crippen LogP contribution in [0.1, 0.15) is 11.1 Å². The van der Waals surface area contributed by atoms with Crippen molar-refractivity contribution in [3.05, 3.63) is 63.5 Å². The van der Waals surface area contributed by atoms with E-state index in [9.17, 15) is 4.79 Å². The topological polar surface area (TPSA) is 74.5 Å². The Labute approximate surface area is 160 Å². The number of benzene rings is 2. The molecule has 0 aromatic heterocycles. The fourth-order valence-electron chi connectivity index (χ4n) is 2.28. The number of hydrogen-bond donors (Lipinski definition) is 1. The van der Waals surface area contributed by atoms with Crippen LogP contribution in [-0.2, 0) is 4.79 Å². The monoisotopic (exact) mass is 383 g/mol. The molecule has 0 spiro atoms. The van der Waals surface area contributed by atoms with E-state index in [2.05, 4.69) is 10.3 Å². The van der Waals surface area contributed by atoms with Crippen LogP contribution in [-0.4, -0.2) is 17.7 Å². The second-order valence-electron chi connectivity index (χ2n) is 5.40. The summed E-state index contributed by atoms with van der Waals surface area (Å²) in [6.07, 6.45) is 1.72. The van der Waals surface area contributed by atoms with E-state index < -0.39 is 0 Å². The number of amides is 1. The maximum atomic E-state index is 12.3. The van der Waals surface area contributed by atoms with E-state index in [-0.39, 0.29) is 12.5 Å². The summed E-state index contributed by atoms with van der Waals surface area (Å²) in [5, 5.41) is 12.5. The normalized spacial score (nSPS) is 16.6. The van der Waals surface area contributed by atoms with Crippen LogP contribution in [0.3, 0.4) is 0 Å². The van der Waals surface area contributed by atoms with Gasteiger partial charge in [-0.15, -0.1) is 0 Å². The Morgan fingerprint density at radius 3 is 2.96 bits per heavy atom. The van der Waals surface area contributed by atoms with Crippen molar-refractivity contribution >= 4 is 46.2 Å². The molecule has 0 unspecified atom stereocenters. The second-order valence-corrected chi connectivity index (χ2v) is 6.86. The zero-order valence-electron chi connectivity index (χ0n) is 13.8. The maximum absolute atomic E-state index is 12.3. The van der Waals surface area contributed by atoms with E-state index in [1.807, 2.05) is 37.3 Å². The molecule has 0 saturated carbocycles. The summed E-state index contributed by atoms with van der Waals surface area (Å²) in [5.74, 6) is 0.314. The third-order valence-corrected chi connectivity index (χ3v) is 4.69. The summed E-state index contributed by atoms with van der Waals surface area (Å²) in [7, 11) is 0. The molecule has 1 fully saturated rings. The fraction of sp³-hybridized carbons (Fsp3) is 0.105. The number of rotatable bonds is 4. The maximum Gasteiger partial charge on any atom is 0.264 e. The molecule has 5 nitrogen and oxygen atoms in total. The Balaban J connectivity index is 1.87. The lowest BCUT2D eigenvalue weighted by Crippen LogP contribution is -2.19. The van der Waals surface area contributed by atoms with Crippen molar-refractivity contribution in [1.29, 1.82) is 5.26 Å². The van der Waals surface area contributed by atoms with E-state index in [0.29, 0.717) is 26.5 Å². The van der Waals surface area contributed by atoms with Crippen molar-refractivity contribution < 1.29 is 9.53 Å². The summed E-state index contributed by atoms with van der Waals surface area (Å²) in [6, 6.07) is 14.6. The van der Waals surface area contributed by atoms with Gasteiger partial charge < -0.3 is 10.1 Å². The number of carbonyl (C=O) groups excluding carboxylic acids is 1. The third-order valence-electron chi connectivity index (χ3n) is 3.54. The van der Waals surface area contributed by atoms with Gasteiger partial charge in [0.2, 0.25) is 0 Å². The van der Waals surface area contributed by atoms with Crippen LogP contribution in [0, 0.1) is 18.3 Å². The third kappa shape index (κ3) is 4.26. The van der Waals surface area contributed by atoms with Crippen LogP contribution in [0.5, 0.6) is 5.75 Å². The average Bonchev–Trinajstić information content (AvgIpc) is 2.96. The zero-order valence-corrected chi connectivity index (χ0v) is 15.4. The zero-order chi connectivity index (χ0) is 18.5. The summed E-state index contributed by atoms with van der Waals surface area (Å²) >= 11 is 7.26. The van der Waals surface area contributed by atoms with Crippen LogP contribution < -0.4 is 10.1 Å². The molecule has 0 radical (unpaired) electrons. The summed E-state index contributed by atoms with van der Waals surface area (Å²) in [4.78, 5) is 17.2. The number of nitrogens with zero attached hydrogens (tertiary/aromatic N) is 2. The number of hydrogen-bond acceptors (Lipinski definition) is 5. The van der Waals surface area contributed by atoms with Crippen LogP contribution in [0.4, 0.5) is 5.69 Å². The van der Waals surface area contributed by atoms with E-state index in [1.165, 1.54) is 11.8 Å². The van der Waals surface area contributed by atoms with Gasteiger partial charge >= 0.3 is 0 Å². The number of halogens is 1. The Hall–Kier alpha value is -2.75. The highest BCUT2D eigenvalue weighted by atomic mass is 35.5. The van der Waals surface area contributed by atoms with Crippen LogP contribution >= 0.6 is 23.4 Å². The van der Waals surface area contributed by atoms with Crippen molar-refractivity contribution in [3.8, 4) is 11.8 Å². The molecule has 1 amide bonds. The molecule has 1 N–H and O–H groups in total. The van der Waals surface area contributed by atoms with Crippen molar-refractivity contribution in [1.82, 2.24) is 5.32 Å². The number of aryl methyl sites for hydroxylation is 1. The van der Waals surface area contributed by atoms with Gasteiger partial charge in [-0.2, -0.15) is 5.26 Å². The molecule has 7 heteroatoms. The van der Waals surface area contributed by atoms with Gasteiger partial charge in [0.25, 0.3) is 5.91 Å². The molecule has 3 rings (SSSR count). The first-order chi connectivity index (χ1) is 12.6. The summed E-state index contributed by atoms with van der Waals surface area (Å²) < 4.78 is 5.39. The first kappa shape index (κ1) is 18.1. The molecule has 0 bridgehead atoms. The van der Waals surface area contributed by atoms with Crippen molar-refractivity contribution in [2.45, 2.75) is 6.92 Å². The smallest absolute Gasteiger partial charge is 0.264 e. The van der Waals surface area contributed by atoms with Gasteiger partial charge in [-0.25, -0.2) is 4.99 Å². The number of para-hydroxylation sites is 1. The van der Waals surface area contributed by atoms with Gasteiger partial charge in [0.15, 0.2) is 11.8 Å². The van der Waals surface area contributed by atoms with Gasteiger partial charge in [-0.05, 0) is 48.5 Å². The molecule has 0 atom stereocenters. The van der Waals surface area contributed by atoms with Crippen molar-refractivity contribution in [2.24, 2.45) is 4.99 Å². The van der Waals surface area contributed by atoms with E-state index >= 15 is 0 Å². The Morgan fingerprint density at radius 1 is 1.35 bits per heavy atom.